The Kier molecular flexibility index (Phi) is 7.68. The van der Waals surface area contributed by atoms with Crippen molar-refractivity contribution in [3.8, 4) is 0 Å². The summed E-state index contributed by atoms with van der Waals surface area (Å²) >= 11 is 0. The van der Waals surface area contributed by atoms with E-state index in [1.165, 1.54) is 6.92 Å². The summed E-state index contributed by atoms with van der Waals surface area (Å²) in [5.41, 5.74) is 0.192. The van der Waals surface area contributed by atoms with Crippen LogP contribution in [0.25, 0.3) is 0 Å². The fraction of sp³-hybridized carbons (Fsp3) is 0.722. The first-order valence-electron chi connectivity index (χ1n) is 16.5. The number of aliphatic hydroxyl groups is 1. The van der Waals surface area contributed by atoms with E-state index in [0.29, 0.717) is 24.3 Å². The molecule has 4 aliphatic carbocycles. The van der Waals surface area contributed by atoms with Crippen LogP contribution in [0.2, 0.25) is 0 Å². The van der Waals surface area contributed by atoms with Gasteiger partial charge in [0.25, 0.3) is 0 Å². The number of hydrogen-bond donors (Lipinski definition) is 1. The van der Waals surface area contributed by atoms with Gasteiger partial charge in [0, 0.05) is 37.6 Å². The molecule has 240 valence electrons. The van der Waals surface area contributed by atoms with E-state index in [-0.39, 0.29) is 70.5 Å². The fourth-order valence-corrected chi connectivity index (χ4v) is 10.3. The van der Waals surface area contributed by atoms with E-state index in [1.807, 2.05) is 0 Å². The minimum Gasteiger partial charge on any atom is -0.461 e. The molecule has 4 fully saturated rings. The molecule has 0 spiro atoms. The zero-order valence-corrected chi connectivity index (χ0v) is 27.3. The SMILES string of the molecule is CC(=O)O[C@H]1CC(=O)C=C2C[C@@H](O)[C@H]3[C@@H]4CC[C@H]([C@H](C)[C@@H](C[C@]5(C)OC5(C)C)OC(=O)c5cccnc5)[C@@]4(C)CC[C@@H]3[C@]21C. The Bertz CT molecular complexity index is 1360. The Morgan fingerprint density at radius 1 is 1.11 bits per heavy atom. The third-order valence-corrected chi connectivity index (χ3v) is 13.1. The van der Waals surface area contributed by atoms with E-state index in [4.69, 9.17) is 14.2 Å². The Morgan fingerprint density at radius 2 is 1.84 bits per heavy atom. The highest BCUT2D eigenvalue weighted by Crippen LogP contribution is 2.68. The molecular weight excluding hydrogens is 558 g/mol. The van der Waals surface area contributed by atoms with Crippen LogP contribution < -0.4 is 0 Å². The Labute approximate surface area is 261 Å². The molecule has 0 radical (unpaired) electrons. The van der Waals surface area contributed by atoms with Crippen LogP contribution in [-0.2, 0) is 23.8 Å². The van der Waals surface area contributed by atoms with Crippen LogP contribution in [0.5, 0.6) is 0 Å². The number of pyridine rings is 1. The van der Waals surface area contributed by atoms with Crippen molar-refractivity contribution in [2.45, 2.75) is 123 Å². The zero-order chi connectivity index (χ0) is 31.8. The minimum atomic E-state index is -0.555. The summed E-state index contributed by atoms with van der Waals surface area (Å²) in [6.07, 6.45) is 8.58. The van der Waals surface area contributed by atoms with Gasteiger partial charge >= 0.3 is 11.9 Å². The molecule has 8 heteroatoms. The van der Waals surface area contributed by atoms with Gasteiger partial charge in [0.15, 0.2) is 5.78 Å². The van der Waals surface area contributed by atoms with Crippen LogP contribution in [0.15, 0.2) is 36.2 Å². The number of epoxide rings is 1. The monoisotopic (exact) mass is 607 g/mol. The third-order valence-electron chi connectivity index (χ3n) is 13.1. The minimum absolute atomic E-state index is 0.0341. The van der Waals surface area contributed by atoms with Crippen LogP contribution in [0.3, 0.4) is 0 Å². The molecule has 0 amide bonds. The summed E-state index contributed by atoms with van der Waals surface area (Å²) in [6, 6.07) is 3.48. The van der Waals surface area contributed by atoms with E-state index >= 15 is 0 Å². The molecule has 2 heterocycles. The summed E-state index contributed by atoms with van der Waals surface area (Å²) < 4.78 is 18.3. The summed E-state index contributed by atoms with van der Waals surface area (Å²) in [7, 11) is 0. The van der Waals surface area contributed by atoms with Gasteiger partial charge in [-0.05, 0) is 106 Å². The highest BCUT2D eigenvalue weighted by molar-refractivity contribution is 5.92. The standard InChI is InChI=1S/C36H49NO7/c1-20(29(18-35(6)33(3,4)44-35)43-32(41)22-9-8-14-37-19-22)25-10-11-26-31-27(12-13-34(25,26)5)36(7)23(16-28(31)40)15-24(39)17-30(36)42-21(2)38/h8-9,14-15,19-20,25-31,40H,10-13,16-18H2,1-7H3/t20-,25+,26-,27-,28+,29+,30-,31-,34+,35-,36-/m0/s1. The Balaban J connectivity index is 1.28. The normalized spacial score (nSPS) is 41.7. The number of hydrogen-bond acceptors (Lipinski definition) is 8. The highest BCUT2D eigenvalue weighted by atomic mass is 16.6. The lowest BCUT2D eigenvalue weighted by Gasteiger charge is -2.61. The van der Waals surface area contributed by atoms with Crippen LogP contribution >= 0.6 is 0 Å². The number of ether oxygens (including phenoxy) is 3. The molecule has 0 aromatic carbocycles. The maximum Gasteiger partial charge on any atom is 0.339 e. The largest absolute Gasteiger partial charge is 0.461 e. The average Bonchev–Trinajstić information content (AvgIpc) is 3.26. The van der Waals surface area contributed by atoms with Gasteiger partial charge in [0.1, 0.15) is 12.2 Å². The van der Waals surface area contributed by atoms with Crippen LogP contribution in [0.1, 0.15) is 104 Å². The number of carbonyl (C=O) groups excluding carboxylic acids is 3. The van der Waals surface area contributed by atoms with Gasteiger partial charge in [0.05, 0.1) is 22.9 Å². The molecule has 11 atom stereocenters. The van der Waals surface area contributed by atoms with Crippen molar-refractivity contribution in [1.29, 1.82) is 0 Å². The number of esters is 2. The Morgan fingerprint density at radius 3 is 2.48 bits per heavy atom. The quantitative estimate of drug-likeness (QED) is 0.303. The predicted octanol–water partition coefficient (Wildman–Crippen LogP) is 5.86. The van der Waals surface area contributed by atoms with Crippen molar-refractivity contribution in [2.75, 3.05) is 0 Å². The van der Waals surface area contributed by atoms with Crippen molar-refractivity contribution >= 4 is 17.7 Å². The van der Waals surface area contributed by atoms with E-state index in [9.17, 15) is 19.5 Å². The molecule has 3 saturated carbocycles. The Hall–Kier alpha value is -2.58. The first-order valence-corrected chi connectivity index (χ1v) is 16.5. The van der Waals surface area contributed by atoms with Crippen molar-refractivity contribution in [3.05, 3.63) is 41.7 Å². The van der Waals surface area contributed by atoms with Gasteiger partial charge in [0.2, 0.25) is 0 Å². The second-order valence-corrected chi connectivity index (χ2v) is 15.6. The molecular formula is C36H49NO7. The molecule has 1 aromatic rings. The molecule has 1 N–H and O–H groups in total. The number of aromatic nitrogens is 1. The van der Waals surface area contributed by atoms with Crippen molar-refractivity contribution in [1.82, 2.24) is 4.98 Å². The summed E-state index contributed by atoms with van der Waals surface area (Å²) in [4.78, 5) is 42.2. The fourth-order valence-electron chi connectivity index (χ4n) is 10.3. The van der Waals surface area contributed by atoms with Gasteiger partial charge in [-0.1, -0.05) is 26.3 Å². The smallest absolute Gasteiger partial charge is 0.339 e. The number of nitrogens with zero attached hydrogens (tertiary/aromatic N) is 1. The number of rotatable bonds is 7. The lowest BCUT2D eigenvalue weighted by molar-refractivity contribution is -0.172. The van der Waals surface area contributed by atoms with Crippen LogP contribution in [0.4, 0.5) is 0 Å². The van der Waals surface area contributed by atoms with Gasteiger partial charge in [-0.2, -0.15) is 0 Å². The van der Waals surface area contributed by atoms with E-state index in [0.717, 1.165) is 31.3 Å². The van der Waals surface area contributed by atoms with E-state index in [1.54, 1.807) is 30.6 Å². The van der Waals surface area contributed by atoms with Crippen molar-refractivity contribution in [2.24, 2.45) is 40.4 Å². The molecule has 44 heavy (non-hydrogen) atoms. The zero-order valence-electron chi connectivity index (χ0n) is 27.3. The van der Waals surface area contributed by atoms with Crippen molar-refractivity contribution < 1.29 is 33.7 Å². The maximum absolute atomic E-state index is 13.3. The second kappa shape index (κ2) is 10.8. The van der Waals surface area contributed by atoms with Gasteiger partial charge in [-0.25, -0.2) is 4.79 Å². The molecule has 0 bridgehead atoms. The molecule has 1 aliphatic heterocycles. The first kappa shape index (κ1) is 31.4. The lowest BCUT2D eigenvalue weighted by Crippen LogP contribution is -2.60. The molecule has 1 aromatic heterocycles. The highest BCUT2D eigenvalue weighted by Gasteiger charge is 2.66. The van der Waals surface area contributed by atoms with Gasteiger partial charge in [-0.15, -0.1) is 0 Å². The molecule has 5 aliphatic rings. The van der Waals surface area contributed by atoms with E-state index in [2.05, 4.69) is 46.5 Å². The summed E-state index contributed by atoms with van der Waals surface area (Å²) in [5.74, 6) is 0.0293. The summed E-state index contributed by atoms with van der Waals surface area (Å²) in [6.45, 7) is 14.5. The number of aliphatic hydroxyl groups excluding tert-OH is 1. The molecule has 0 unspecified atom stereocenters. The average molecular weight is 608 g/mol. The van der Waals surface area contributed by atoms with Gasteiger partial charge < -0.3 is 19.3 Å². The third kappa shape index (κ3) is 4.95. The summed E-state index contributed by atoms with van der Waals surface area (Å²) in [5, 5.41) is 11.7. The van der Waals surface area contributed by atoms with Crippen LogP contribution in [0, 0.1) is 40.4 Å². The maximum atomic E-state index is 13.3. The lowest BCUT2D eigenvalue weighted by atomic mass is 9.45. The molecule has 1 saturated heterocycles. The van der Waals surface area contributed by atoms with Crippen LogP contribution in [-0.4, -0.2) is 57.3 Å². The predicted molar refractivity (Wildman–Crippen MR) is 163 cm³/mol. The molecule has 6 rings (SSSR count). The number of carbonyl (C=O) groups is 3. The van der Waals surface area contributed by atoms with Crippen molar-refractivity contribution in [3.63, 3.8) is 0 Å². The first-order chi connectivity index (χ1) is 20.6. The number of ketones is 1. The van der Waals surface area contributed by atoms with Gasteiger partial charge in [-0.3, -0.25) is 14.6 Å². The molecule has 8 nitrogen and oxygen atoms in total. The number of fused-ring (bicyclic) bond motifs is 5. The topological polar surface area (TPSA) is 115 Å². The van der Waals surface area contributed by atoms with E-state index < -0.39 is 17.6 Å². The second-order valence-electron chi connectivity index (χ2n) is 15.6.